The molecule has 0 aliphatic carbocycles. The van der Waals surface area contributed by atoms with Gasteiger partial charge in [-0.05, 0) is 36.4 Å². The van der Waals surface area contributed by atoms with Gasteiger partial charge >= 0.3 is 0 Å². The Morgan fingerprint density at radius 3 is 2.50 bits per heavy atom. The second-order valence-electron chi connectivity index (χ2n) is 5.79. The molecule has 1 aliphatic heterocycles. The molecule has 0 bridgehead atoms. The van der Waals surface area contributed by atoms with Gasteiger partial charge in [0.2, 0.25) is 21.8 Å². The number of nitrogens with one attached hydrogen (secondary N) is 1. The lowest BCUT2D eigenvalue weighted by atomic mass is 10.2. The molecular formula is C17H16FN3O4S. The van der Waals surface area contributed by atoms with Crippen LogP contribution in [0.2, 0.25) is 0 Å². The summed E-state index contributed by atoms with van der Waals surface area (Å²) in [5.41, 5.74) is 1.13. The molecule has 1 heterocycles. The predicted molar refractivity (Wildman–Crippen MR) is 96.0 cm³/mol. The van der Waals surface area contributed by atoms with E-state index in [0.717, 1.165) is 22.7 Å². The van der Waals surface area contributed by atoms with E-state index in [1.807, 2.05) is 0 Å². The van der Waals surface area contributed by atoms with Crippen LogP contribution in [0.4, 0.5) is 21.5 Å². The number of sulfonamides is 1. The third-order valence-corrected chi connectivity index (χ3v) is 5.01. The Kier molecular flexibility index (Phi) is 4.64. The molecule has 7 nitrogen and oxygen atoms in total. The first-order valence-corrected chi connectivity index (χ1v) is 9.53. The van der Waals surface area contributed by atoms with Crippen LogP contribution in [0.15, 0.2) is 48.5 Å². The van der Waals surface area contributed by atoms with E-state index in [9.17, 15) is 22.4 Å². The van der Waals surface area contributed by atoms with E-state index >= 15 is 0 Å². The maximum atomic E-state index is 13.1. The van der Waals surface area contributed by atoms with E-state index in [-0.39, 0.29) is 18.1 Å². The zero-order valence-electron chi connectivity index (χ0n) is 13.8. The lowest BCUT2D eigenvalue weighted by Gasteiger charge is -2.31. The molecule has 3 rings (SSSR count). The maximum absolute atomic E-state index is 13.1. The van der Waals surface area contributed by atoms with Gasteiger partial charge < -0.3 is 5.32 Å². The van der Waals surface area contributed by atoms with Crippen molar-refractivity contribution in [2.45, 2.75) is 0 Å². The number of fused-ring (bicyclic) bond motifs is 1. The Balaban J connectivity index is 1.92. The molecule has 0 unspecified atom stereocenters. The SMILES string of the molecule is CS(=O)(=O)N(CC(=O)N1CC(=O)Nc2ccccc21)c1ccc(F)cc1. The second-order valence-corrected chi connectivity index (χ2v) is 7.70. The minimum absolute atomic E-state index is 0.164. The number of benzene rings is 2. The van der Waals surface area contributed by atoms with Crippen molar-refractivity contribution in [3.63, 3.8) is 0 Å². The van der Waals surface area contributed by atoms with Crippen molar-refractivity contribution < 1.29 is 22.4 Å². The van der Waals surface area contributed by atoms with Crippen molar-refractivity contribution in [2.24, 2.45) is 0 Å². The zero-order chi connectivity index (χ0) is 18.9. The molecule has 1 aliphatic rings. The number of amides is 2. The summed E-state index contributed by atoms with van der Waals surface area (Å²) in [6.45, 7) is -0.719. The first-order valence-electron chi connectivity index (χ1n) is 7.68. The van der Waals surface area contributed by atoms with E-state index < -0.39 is 28.3 Å². The highest BCUT2D eigenvalue weighted by molar-refractivity contribution is 7.92. The third kappa shape index (κ3) is 3.67. The Hall–Kier alpha value is -2.94. The highest BCUT2D eigenvalue weighted by Crippen LogP contribution is 2.29. The molecular weight excluding hydrogens is 361 g/mol. The number of hydrogen-bond acceptors (Lipinski definition) is 4. The summed E-state index contributed by atoms with van der Waals surface area (Å²) in [6, 6.07) is 11.5. The van der Waals surface area contributed by atoms with Crippen LogP contribution in [0.25, 0.3) is 0 Å². The predicted octanol–water partition coefficient (Wildman–Crippen LogP) is 1.58. The number of hydrogen-bond donors (Lipinski definition) is 1. The summed E-state index contributed by atoms with van der Waals surface area (Å²) < 4.78 is 38.3. The van der Waals surface area contributed by atoms with Crippen molar-refractivity contribution in [3.05, 3.63) is 54.3 Å². The van der Waals surface area contributed by atoms with Crippen LogP contribution in [-0.2, 0) is 19.6 Å². The first-order chi connectivity index (χ1) is 12.3. The van der Waals surface area contributed by atoms with Gasteiger partial charge in [-0.3, -0.25) is 18.8 Å². The molecule has 136 valence electrons. The number of carbonyl (C=O) groups excluding carboxylic acids is 2. The topological polar surface area (TPSA) is 86.8 Å². The molecule has 1 N–H and O–H groups in total. The molecule has 9 heteroatoms. The van der Waals surface area contributed by atoms with E-state index in [1.54, 1.807) is 24.3 Å². The largest absolute Gasteiger partial charge is 0.323 e. The molecule has 0 aromatic heterocycles. The van der Waals surface area contributed by atoms with E-state index in [4.69, 9.17) is 0 Å². The fourth-order valence-electron chi connectivity index (χ4n) is 2.67. The number of halogens is 1. The smallest absolute Gasteiger partial charge is 0.248 e. The minimum atomic E-state index is -3.79. The van der Waals surface area contributed by atoms with E-state index in [1.165, 1.54) is 17.0 Å². The van der Waals surface area contributed by atoms with Crippen LogP contribution in [-0.4, -0.2) is 39.6 Å². The monoisotopic (exact) mass is 377 g/mol. The van der Waals surface area contributed by atoms with Crippen LogP contribution in [0.1, 0.15) is 0 Å². The van der Waals surface area contributed by atoms with Crippen LogP contribution < -0.4 is 14.5 Å². The van der Waals surface area contributed by atoms with Gasteiger partial charge in [0, 0.05) is 0 Å². The molecule has 0 saturated carbocycles. The normalized spacial score (nSPS) is 13.8. The molecule has 0 saturated heterocycles. The summed E-state index contributed by atoms with van der Waals surface area (Å²) in [4.78, 5) is 25.9. The highest BCUT2D eigenvalue weighted by Gasteiger charge is 2.30. The summed E-state index contributed by atoms with van der Waals surface area (Å²) in [6.07, 6.45) is 0.959. The van der Waals surface area contributed by atoms with Gasteiger partial charge in [-0.1, -0.05) is 12.1 Å². The number of rotatable bonds is 4. The number of carbonyl (C=O) groups is 2. The van der Waals surface area contributed by atoms with Gasteiger partial charge in [-0.25, -0.2) is 12.8 Å². The zero-order valence-corrected chi connectivity index (χ0v) is 14.7. The highest BCUT2D eigenvalue weighted by atomic mass is 32.2. The Morgan fingerprint density at radius 2 is 1.85 bits per heavy atom. The fourth-order valence-corrected chi connectivity index (χ4v) is 3.52. The third-order valence-electron chi connectivity index (χ3n) is 3.87. The van der Waals surface area contributed by atoms with Crippen LogP contribution in [0, 0.1) is 5.82 Å². The molecule has 2 aromatic rings. The van der Waals surface area contributed by atoms with Gasteiger partial charge in [-0.2, -0.15) is 0 Å². The number of anilines is 3. The van der Waals surface area contributed by atoms with Crippen molar-refractivity contribution in [1.29, 1.82) is 0 Å². The van der Waals surface area contributed by atoms with Crippen molar-refractivity contribution in [3.8, 4) is 0 Å². The van der Waals surface area contributed by atoms with Gasteiger partial charge in [0.15, 0.2) is 0 Å². The summed E-state index contributed by atoms with van der Waals surface area (Å²) in [5, 5.41) is 2.66. The number of para-hydroxylation sites is 2. The summed E-state index contributed by atoms with van der Waals surface area (Å²) in [7, 11) is -3.79. The molecule has 0 spiro atoms. The van der Waals surface area contributed by atoms with Crippen molar-refractivity contribution in [2.75, 3.05) is 33.9 Å². The Labute approximate surface area is 150 Å². The van der Waals surface area contributed by atoms with Crippen LogP contribution >= 0.6 is 0 Å². The average Bonchev–Trinajstić information content (AvgIpc) is 2.58. The number of nitrogens with zero attached hydrogens (tertiary/aromatic N) is 2. The minimum Gasteiger partial charge on any atom is -0.323 e. The lowest BCUT2D eigenvalue weighted by molar-refractivity contribution is -0.121. The lowest BCUT2D eigenvalue weighted by Crippen LogP contribution is -2.47. The molecule has 26 heavy (non-hydrogen) atoms. The second kappa shape index (κ2) is 6.75. The molecule has 2 amide bonds. The fraction of sp³-hybridized carbons (Fsp3) is 0.176. The van der Waals surface area contributed by atoms with Crippen LogP contribution in [0.3, 0.4) is 0 Å². The van der Waals surface area contributed by atoms with Crippen molar-refractivity contribution in [1.82, 2.24) is 0 Å². The average molecular weight is 377 g/mol. The molecule has 0 radical (unpaired) electrons. The summed E-state index contributed by atoms with van der Waals surface area (Å²) >= 11 is 0. The van der Waals surface area contributed by atoms with Crippen LogP contribution in [0.5, 0.6) is 0 Å². The molecule has 2 aromatic carbocycles. The first kappa shape index (κ1) is 17.9. The van der Waals surface area contributed by atoms with E-state index in [2.05, 4.69) is 5.32 Å². The summed E-state index contributed by atoms with van der Waals surface area (Å²) in [5.74, 6) is -1.46. The van der Waals surface area contributed by atoms with Gasteiger partial charge in [-0.15, -0.1) is 0 Å². The van der Waals surface area contributed by atoms with E-state index in [0.29, 0.717) is 11.4 Å². The van der Waals surface area contributed by atoms with Gasteiger partial charge in [0.1, 0.15) is 18.9 Å². The standard InChI is InChI=1S/C17H16FN3O4S/c1-26(24,25)21(13-8-6-12(18)7-9-13)11-17(23)20-10-16(22)19-14-4-2-3-5-15(14)20/h2-9H,10-11H2,1H3,(H,19,22). The Bertz CT molecular complexity index is 960. The van der Waals surface area contributed by atoms with Crippen molar-refractivity contribution >= 4 is 38.9 Å². The molecule has 0 fully saturated rings. The van der Waals surface area contributed by atoms with Gasteiger partial charge in [0.05, 0.1) is 23.3 Å². The molecule has 0 atom stereocenters. The Morgan fingerprint density at radius 1 is 1.19 bits per heavy atom. The quantitative estimate of drug-likeness (QED) is 0.876. The van der Waals surface area contributed by atoms with Gasteiger partial charge in [0.25, 0.3) is 0 Å². The maximum Gasteiger partial charge on any atom is 0.248 e.